The topological polar surface area (TPSA) is 29.9 Å². The van der Waals surface area contributed by atoms with Gasteiger partial charge in [0, 0.05) is 24.1 Å². The van der Waals surface area contributed by atoms with Crippen molar-refractivity contribution in [1.29, 1.82) is 0 Å². The van der Waals surface area contributed by atoms with Gasteiger partial charge in [-0.15, -0.1) is 0 Å². The number of benzene rings is 1. The Morgan fingerprint density at radius 1 is 1.19 bits per heavy atom. The minimum absolute atomic E-state index is 0.405. The fourth-order valence-electron chi connectivity index (χ4n) is 2.33. The Hall–Kier alpha value is -1.26. The number of hydrogen-bond donors (Lipinski definition) is 1. The molecule has 0 aliphatic rings. The van der Waals surface area contributed by atoms with E-state index >= 15 is 0 Å². The highest BCUT2D eigenvalue weighted by Gasteiger charge is 2.04. The van der Waals surface area contributed by atoms with E-state index in [0.29, 0.717) is 6.04 Å². The summed E-state index contributed by atoms with van der Waals surface area (Å²) < 4.78 is 2.02. The van der Waals surface area contributed by atoms with Gasteiger partial charge in [-0.1, -0.05) is 18.6 Å². The van der Waals surface area contributed by atoms with Crippen molar-refractivity contribution in [2.24, 2.45) is 0 Å². The fraction of sp³-hybridized carbons (Fsp3) is 0.471. The molecule has 0 aliphatic heterocycles. The highest BCUT2D eigenvalue weighted by molar-refractivity contribution is 7.98. The SMILES string of the molecule is CSCCCCCNC(C)c1ccc(-n2ccnc2)cc1. The zero-order valence-electron chi connectivity index (χ0n) is 13.0. The maximum Gasteiger partial charge on any atom is 0.0991 e. The van der Waals surface area contributed by atoms with Crippen LogP contribution >= 0.6 is 11.8 Å². The van der Waals surface area contributed by atoms with Crippen LogP contribution in [0.1, 0.15) is 37.8 Å². The number of hydrogen-bond acceptors (Lipinski definition) is 3. The summed E-state index contributed by atoms with van der Waals surface area (Å²) in [5, 5.41) is 3.60. The number of aromatic nitrogens is 2. The van der Waals surface area contributed by atoms with E-state index in [1.165, 1.54) is 30.6 Å². The fourth-order valence-corrected chi connectivity index (χ4v) is 2.82. The summed E-state index contributed by atoms with van der Waals surface area (Å²) in [4.78, 5) is 4.08. The normalized spacial score (nSPS) is 12.5. The lowest BCUT2D eigenvalue weighted by Crippen LogP contribution is -2.19. The Bertz CT molecular complexity index is 493. The van der Waals surface area contributed by atoms with Crippen LogP contribution in [0.15, 0.2) is 43.0 Å². The van der Waals surface area contributed by atoms with Gasteiger partial charge in [-0.25, -0.2) is 4.98 Å². The first-order valence-corrected chi connectivity index (χ1v) is 9.01. The van der Waals surface area contributed by atoms with Crippen LogP contribution in [-0.4, -0.2) is 28.1 Å². The summed E-state index contributed by atoms with van der Waals surface area (Å²) in [6.07, 6.45) is 11.7. The first kappa shape index (κ1) is 16.1. The molecule has 0 aliphatic carbocycles. The molecule has 4 heteroatoms. The van der Waals surface area contributed by atoms with Crippen LogP contribution in [0.5, 0.6) is 0 Å². The van der Waals surface area contributed by atoms with Crippen LogP contribution in [0.25, 0.3) is 5.69 Å². The highest BCUT2D eigenvalue weighted by atomic mass is 32.2. The van der Waals surface area contributed by atoms with Gasteiger partial charge in [0.25, 0.3) is 0 Å². The number of unbranched alkanes of at least 4 members (excludes halogenated alkanes) is 2. The summed E-state index contributed by atoms with van der Waals surface area (Å²) in [5.41, 5.74) is 2.49. The Morgan fingerprint density at radius 3 is 2.67 bits per heavy atom. The molecule has 1 heterocycles. The van der Waals surface area contributed by atoms with Crippen LogP contribution in [-0.2, 0) is 0 Å². The second-order valence-electron chi connectivity index (χ2n) is 5.29. The summed E-state index contributed by atoms with van der Waals surface area (Å²) >= 11 is 1.94. The number of thioether (sulfide) groups is 1. The number of nitrogens with one attached hydrogen (secondary N) is 1. The van der Waals surface area contributed by atoms with E-state index in [4.69, 9.17) is 0 Å². The second kappa shape index (κ2) is 8.90. The van der Waals surface area contributed by atoms with Gasteiger partial charge in [0.15, 0.2) is 0 Å². The average molecular weight is 303 g/mol. The molecule has 3 nitrogen and oxygen atoms in total. The van der Waals surface area contributed by atoms with Crippen molar-refractivity contribution < 1.29 is 0 Å². The Balaban J connectivity index is 1.76. The van der Waals surface area contributed by atoms with Crippen molar-refractivity contribution in [3.05, 3.63) is 48.5 Å². The molecule has 114 valence electrons. The van der Waals surface area contributed by atoms with Crippen LogP contribution in [0.4, 0.5) is 0 Å². The zero-order valence-corrected chi connectivity index (χ0v) is 13.8. The maximum absolute atomic E-state index is 4.08. The quantitative estimate of drug-likeness (QED) is 0.709. The molecule has 2 aromatic rings. The van der Waals surface area contributed by atoms with Gasteiger partial charge in [-0.3, -0.25) is 0 Å². The molecular formula is C17H25N3S. The second-order valence-corrected chi connectivity index (χ2v) is 6.28. The third-order valence-electron chi connectivity index (χ3n) is 3.67. The van der Waals surface area contributed by atoms with Gasteiger partial charge in [-0.2, -0.15) is 11.8 Å². The average Bonchev–Trinajstić information content (AvgIpc) is 3.05. The molecule has 0 saturated carbocycles. The minimum Gasteiger partial charge on any atom is -0.310 e. The Morgan fingerprint density at radius 2 is 2.00 bits per heavy atom. The van der Waals surface area contributed by atoms with E-state index in [9.17, 15) is 0 Å². The van der Waals surface area contributed by atoms with E-state index in [1.54, 1.807) is 6.20 Å². The summed E-state index contributed by atoms with van der Waals surface area (Å²) in [6.45, 7) is 3.33. The number of imidazole rings is 1. The van der Waals surface area contributed by atoms with Crippen LogP contribution in [0.2, 0.25) is 0 Å². The summed E-state index contributed by atoms with van der Waals surface area (Å²) in [7, 11) is 0. The maximum atomic E-state index is 4.08. The van der Waals surface area contributed by atoms with Crippen molar-refractivity contribution >= 4 is 11.8 Å². The van der Waals surface area contributed by atoms with Crippen LogP contribution in [0, 0.1) is 0 Å². The third kappa shape index (κ3) is 5.21. The molecule has 1 aromatic carbocycles. The van der Waals surface area contributed by atoms with E-state index in [0.717, 1.165) is 12.2 Å². The lowest BCUT2D eigenvalue weighted by atomic mass is 10.1. The number of rotatable bonds is 9. The molecule has 1 N–H and O–H groups in total. The highest BCUT2D eigenvalue weighted by Crippen LogP contribution is 2.15. The largest absolute Gasteiger partial charge is 0.310 e. The van der Waals surface area contributed by atoms with Crippen molar-refractivity contribution in [1.82, 2.24) is 14.9 Å². The molecule has 21 heavy (non-hydrogen) atoms. The van der Waals surface area contributed by atoms with Crippen LogP contribution < -0.4 is 5.32 Å². The molecule has 1 atom stereocenters. The van der Waals surface area contributed by atoms with Gasteiger partial charge in [0.1, 0.15) is 0 Å². The monoisotopic (exact) mass is 303 g/mol. The molecule has 0 spiro atoms. The molecule has 0 saturated heterocycles. The van der Waals surface area contributed by atoms with Crippen molar-refractivity contribution in [2.75, 3.05) is 18.6 Å². The summed E-state index contributed by atoms with van der Waals surface area (Å²) in [5.74, 6) is 1.28. The van der Waals surface area contributed by atoms with Crippen molar-refractivity contribution in [3.63, 3.8) is 0 Å². The van der Waals surface area contributed by atoms with Crippen molar-refractivity contribution in [2.45, 2.75) is 32.2 Å². The molecule has 0 radical (unpaired) electrons. The minimum atomic E-state index is 0.405. The van der Waals surface area contributed by atoms with Gasteiger partial charge >= 0.3 is 0 Å². The molecule has 0 bridgehead atoms. The third-order valence-corrected chi connectivity index (χ3v) is 4.37. The molecule has 1 unspecified atom stereocenters. The van der Waals surface area contributed by atoms with E-state index in [2.05, 4.69) is 47.7 Å². The molecule has 0 amide bonds. The molecule has 0 fully saturated rings. The van der Waals surface area contributed by atoms with Crippen LogP contribution in [0.3, 0.4) is 0 Å². The zero-order chi connectivity index (χ0) is 14.9. The standard InChI is InChI=1S/C17H25N3S/c1-15(19-10-4-3-5-13-21-2)16-6-8-17(9-7-16)20-12-11-18-14-20/h6-9,11-12,14-15,19H,3-5,10,13H2,1-2H3. The molecule has 1 aromatic heterocycles. The first-order valence-electron chi connectivity index (χ1n) is 7.62. The summed E-state index contributed by atoms with van der Waals surface area (Å²) in [6, 6.07) is 9.09. The van der Waals surface area contributed by atoms with E-state index < -0.39 is 0 Å². The Kier molecular flexibility index (Phi) is 6.83. The van der Waals surface area contributed by atoms with Gasteiger partial charge in [0.05, 0.1) is 6.33 Å². The number of nitrogens with zero attached hydrogens (tertiary/aromatic N) is 2. The Labute approximate surface area is 132 Å². The van der Waals surface area contributed by atoms with E-state index in [-0.39, 0.29) is 0 Å². The predicted octanol–water partition coefficient (Wildman–Crippen LogP) is 4.06. The van der Waals surface area contributed by atoms with Gasteiger partial charge < -0.3 is 9.88 Å². The van der Waals surface area contributed by atoms with E-state index in [1.807, 2.05) is 28.9 Å². The lowest BCUT2D eigenvalue weighted by molar-refractivity contribution is 0.545. The predicted molar refractivity (Wildman–Crippen MR) is 92.2 cm³/mol. The van der Waals surface area contributed by atoms with Gasteiger partial charge in [0.2, 0.25) is 0 Å². The molecule has 2 rings (SSSR count). The van der Waals surface area contributed by atoms with Crippen molar-refractivity contribution in [3.8, 4) is 5.69 Å². The molecular weight excluding hydrogens is 278 g/mol. The smallest absolute Gasteiger partial charge is 0.0991 e. The lowest BCUT2D eigenvalue weighted by Gasteiger charge is -2.15. The van der Waals surface area contributed by atoms with Gasteiger partial charge in [-0.05, 0) is 56.0 Å². The first-order chi connectivity index (χ1) is 10.3.